The van der Waals surface area contributed by atoms with Gasteiger partial charge in [-0.3, -0.25) is 4.79 Å². The summed E-state index contributed by atoms with van der Waals surface area (Å²) in [4.78, 5) is 12.2. The van der Waals surface area contributed by atoms with Gasteiger partial charge in [0.1, 0.15) is 6.61 Å². The zero-order valence-corrected chi connectivity index (χ0v) is 19.1. The summed E-state index contributed by atoms with van der Waals surface area (Å²) in [5.41, 5.74) is 2.75. The van der Waals surface area contributed by atoms with Gasteiger partial charge in [0.25, 0.3) is 5.91 Å². The number of nitrogens with one attached hydrogen (secondary N) is 1. The number of hydrogen-bond donors (Lipinski definition) is 1. The molecule has 3 aromatic carbocycles. The molecule has 0 aliphatic heterocycles. The molecule has 1 N–H and O–H groups in total. The molecule has 0 unspecified atom stereocenters. The predicted molar refractivity (Wildman–Crippen MR) is 123 cm³/mol. The van der Waals surface area contributed by atoms with E-state index in [0.29, 0.717) is 34.7 Å². The van der Waals surface area contributed by atoms with Crippen molar-refractivity contribution in [3.05, 3.63) is 93.5 Å². The quantitative estimate of drug-likeness (QED) is 0.283. The minimum Gasteiger partial charge on any atom is -0.490 e. The van der Waals surface area contributed by atoms with Crippen molar-refractivity contribution in [3.63, 3.8) is 0 Å². The first-order chi connectivity index (χ1) is 15.8. The van der Waals surface area contributed by atoms with Gasteiger partial charge in [0.05, 0.1) is 18.4 Å². The van der Waals surface area contributed by atoms with E-state index < -0.39 is 17.6 Å². The summed E-state index contributed by atoms with van der Waals surface area (Å²) in [5, 5.41) is 3.86. The predicted octanol–water partition coefficient (Wildman–Crippen LogP) is 6.21. The number of hydrogen-bond acceptors (Lipinski definition) is 4. The van der Waals surface area contributed by atoms with Gasteiger partial charge in [0.15, 0.2) is 11.5 Å². The fourth-order valence-electron chi connectivity index (χ4n) is 2.83. The number of carbonyl (C=O) groups excluding carboxylic acids is 1. The van der Waals surface area contributed by atoms with Gasteiger partial charge in [-0.25, -0.2) is 5.43 Å². The van der Waals surface area contributed by atoms with E-state index in [1.54, 1.807) is 12.1 Å². The van der Waals surface area contributed by atoms with Crippen LogP contribution in [0.15, 0.2) is 76.3 Å². The maximum Gasteiger partial charge on any atom is 0.416 e. The summed E-state index contributed by atoms with van der Waals surface area (Å²) in [7, 11) is 0. The summed E-state index contributed by atoms with van der Waals surface area (Å²) >= 11 is 3.44. The summed E-state index contributed by atoms with van der Waals surface area (Å²) in [6.07, 6.45) is -3.18. The summed E-state index contributed by atoms with van der Waals surface area (Å²) in [6.45, 7) is 2.60. The van der Waals surface area contributed by atoms with Crippen LogP contribution in [0.4, 0.5) is 13.2 Å². The highest BCUT2D eigenvalue weighted by Gasteiger charge is 2.30. The van der Waals surface area contributed by atoms with Crippen LogP contribution in [0.1, 0.15) is 34.0 Å². The number of carbonyl (C=O) groups is 1. The molecule has 0 fully saturated rings. The van der Waals surface area contributed by atoms with E-state index in [0.717, 1.165) is 17.7 Å². The molecule has 0 radical (unpaired) electrons. The molecule has 0 saturated carbocycles. The van der Waals surface area contributed by atoms with Gasteiger partial charge in [0, 0.05) is 15.6 Å². The van der Waals surface area contributed by atoms with Crippen molar-refractivity contribution in [2.45, 2.75) is 19.7 Å². The van der Waals surface area contributed by atoms with Gasteiger partial charge in [-0.15, -0.1) is 0 Å². The van der Waals surface area contributed by atoms with E-state index in [1.165, 1.54) is 18.3 Å². The largest absolute Gasteiger partial charge is 0.490 e. The summed E-state index contributed by atoms with van der Waals surface area (Å²) < 4.78 is 50.7. The van der Waals surface area contributed by atoms with Crippen molar-refractivity contribution in [3.8, 4) is 11.5 Å². The molecule has 0 spiro atoms. The Bertz CT molecular complexity index is 1140. The maximum absolute atomic E-state index is 12.8. The van der Waals surface area contributed by atoms with Crippen LogP contribution in [0, 0.1) is 0 Å². The van der Waals surface area contributed by atoms with Crippen LogP contribution in [0.25, 0.3) is 0 Å². The second-order valence-corrected chi connectivity index (χ2v) is 7.66. The lowest BCUT2D eigenvalue weighted by atomic mass is 10.1. The number of hydrazone groups is 1. The Balaban J connectivity index is 1.72. The Labute approximate surface area is 197 Å². The monoisotopic (exact) mass is 520 g/mol. The molecule has 0 atom stereocenters. The number of ether oxygens (including phenoxy) is 2. The van der Waals surface area contributed by atoms with Gasteiger partial charge in [0.2, 0.25) is 0 Å². The van der Waals surface area contributed by atoms with E-state index in [4.69, 9.17) is 9.47 Å². The highest BCUT2D eigenvalue weighted by molar-refractivity contribution is 9.10. The lowest BCUT2D eigenvalue weighted by Crippen LogP contribution is -2.18. The molecule has 9 heteroatoms. The van der Waals surface area contributed by atoms with E-state index in [9.17, 15) is 18.0 Å². The fraction of sp³-hybridized carbons (Fsp3) is 0.167. The fourth-order valence-corrected chi connectivity index (χ4v) is 3.25. The van der Waals surface area contributed by atoms with Gasteiger partial charge in [-0.05, 0) is 58.7 Å². The number of benzene rings is 3. The molecule has 0 heterocycles. The Morgan fingerprint density at radius 1 is 1.03 bits per heavy atom. The lowest BCUT2D eigenvalue weighted by Gasteiger charge is -2.14. The van der Waals surface area contributed by atoms with Gasteiger partial charge >= 0.3 is 6.18 Å². The van der Waals surface area contributed by atoms with E-state index >= 15 is 0 Å². The molecule has 0 aliphatic carbocycles. The Kier molecular flexibility index (Phi) is 8.11. The molecule has 0 bridgehead atoms. The van der Waals surface area contributed by atoms with Crippen LogP contribution in [0.3, 0.4) is 0 Å². The summed E-state index contributed by atoms with van der Waals surface area (Å²) in [6, 6.07) is 17.2. The number of halogens is 4. The van der Waals surface area contributed by atoms with Gasteiger partial charge in [-0.2, -0.15) is 18.3 Å². The highest BCUT2D eigenvalue weighted by atomic mass is 79.9. The van der Waals surface area contributed by atoms with Gasteiger partial charge < -0.3 is 9.47 Å². The maximum atomic E-state index is 12.8. The van der Waals surface area contributed by atoms with Crippen LogP contribution < -0.4 is 14.9 Å². The zero-order chi connectivity index (χ0) is 23.8. The number of rotatable bonds is 8. The first-order valence-corrected chi connectivity index (χ1v) is 10.7. The standard InChI is InChI=1S/C24H20BrF3N2O3/c1-2-32-21-12-18(20(25)13-22(21)33-15-16-7-4-3-5-8-16)14-29-30-23(31)17-9-6-10-19(11-17)24(26,27)28/h3-14H,2,15H2,1H3,(H,30,31)/b29-14-. The Hall–Kier alpha value is -3.33. The SMILES string of the molecule is CCOc1cc(/C=N\NC(=O)c2cccc(C(F)(F)F)c2)c(Br)cc1OCc1ccccc1. The minimum atomic E-state index is -4.54. The molecule has 172 valence electrons. The van der Waals surface area contributed by atoms with Crippen LogP contribution in [-0.4, -0.2) is 18.7 Å². The highest BCUT2D eigenvalue weighted by Crippen LogP contribution is 2.34. The second-order valence-electron chi connectivity index (χ2n) is 6.81. The molecule has 33 heavy (non-hydrogen) atoms. The van der Waals surface area contributed by atoms with Crippen molar-refractivity contribution in [1.82, 2.24) is 5.43 Å². The molecule has 1 amide bonds. The second kappa shape index (κ2) is 11.0. The molecule has 3 aromatic rings. The minimum absolute atomic E-state index is 0.152. The molecule has 0 aliphatic rings. The first-order valence-electron chi connectivity index (χ1n) is 9.91. The van der Waals surface area contributed by atoms with Crippen molar-refractivity contribution in [2.24, 2.45) is 5.10 Å². The van der Waals surface area contributed by atoms with Crippen LogP contribution >= 0.6 is 15.9 Å². The average Bonchev–Trinajstić information content (AvgIpc) is 2.80. The average molecular weight is 521 g/mol. The molecule has 0 aromatic heterocycles. The number of alkyl halides is 3. The van der Waals surface area contributed by atoms with Crippen molar-refractivity contribution < 1.29 is 27.4 Å². The Morgan fingerprint density at radius 3 is 2.45 bits per heavy atom. The molecule has 5 nitrogen and oxygen atoms in total. The van der Waals surface area contributed by atoms with Gasteiger partial charge in [-0.1, -0.05) is 36.4 Å². The normalized spacial score (nSPS) is 11.4. The molecule has 3 rings (SSSR count). The van der Waals surface area contributed by atoms with Crippen molar-refractivity contribution in [1.29, 1.82) is 0 Å². The molecular formula is C24H20BrF3N2O3. The molecular weight excluding hydrogens is 501 g/mol. The van der Waals surface area contributed by atoms with E-state index in [-0.39, 0.29) is 5.56 Å². The summed E-state index contributed by atoms with van der Waals surface area (Å²) in [5.74, 6) is 0.251. The third-order valence-electron chi connectivity index (χ3n) is 4.42. The van der Waals surface area contributed by atoms with Crippen molar-refractivity contribution >= 4 is 28.1 Å². The lowest BCUT2D eigenvalue weighted by molar-refractivity contribution is -0.137. The zero-order valence-electron chi connectivity index (χ0n) is 17.5. The first kappa shape index (κ1) is 24.3. The van der Waals surface area contributed by atoms with Crippen LogP contribution in [0.2, 0.25) is 0 Å². The van der Waals surface area contributed by atoms with E-state index in [2.05, 4.69) is 26.5 Å². The number of nitrogens with zero attached hydrogens (tertiary/aromatic N) is 1. The van der Waals surface area contributed by atoms with Crippen LogP contribution in [-0.2, 0) is 12.8 Å². The molecule has 0 saturated heterocycles. The number of amides is 1. The third kappa shape index (κ3) is 6.82. The van der Waals surface area contributed by atoms with E-state index in [1.807, 2.05) is 37.3 Å². The Morgan fingerprint density at radius 2 is 1.76 bits per heavy atom. The topological polar surface area (TPSA) is 59.9 Å². The third-order valence-corrected chi connectivity index (χ3v) is 5.11. The smallest absolute Gasteiger partial charge is 0.416 e. The van der Waals surface area contributed by atoms with Crippen LogP contribution in [0.5, 0.6) is 11.5 Å². The van der Waals surface area contributed by atoms with Crippen molar-refractivity contribution in [2.75, 3.05) is 6.61 Å².